The number of rotatable bonds is 10. The molecule has 1 N–H and O–H groups in total. The zero-order valence-electron chi connectivity index (χ0n) is 11.6. The lowest BCUT2D eigenvalue weighted by Crippen LogP contribution is -2.39. The van der Waals surface area contributed by atoms with Crippen LogP contribution < -0.4 is 5.32 Å². The van der Waals surface area contributed by atoms with Crippen molar-refractivity contribution in [2.24, 2.45) is 0 Å². The molecule has 98 valence electrons. The first-order chi connectivity index (χ1) is 7.61. The summed E-state index contributed by atoms with van der Waals surface area (Å²) in [6.07, 6.45) is 3.43. The van der Waals surface area contributed by atoms with Crippen LogP contribution in [0.15, 0.2) is 0 Å². The predicted octanol–water partition coefficient (Wildman–Crippen LogP) is 1.21. The molecule has 0 saturated heterocycles. The molecule has 0 spiro atoms. The third-order valence-electron chi connectivity index (χ3n) is 2.83. The Morgan fingerprint density at radius 2 is 1.75 bits per heavy atom. The minimum atomic E-state index is 0.727. The lowest BCUT2D eigenvalue weighted by molar-refractivity contribution is 0.254. The van der Waals surface area contributed by atoms with Gasteiger partial charge in [0.05, 0.1) is 0 Å². The van der Waals surface area contributed by atoms with Crippen molar-refractivity contribution in [1.82, 2.24) is 15.1 Å². The third-order valence-corrected chi connectivity index (χ3v) is 3.55. The van der Waals surface area contributed by atoms with E-state index in [1.807, 2.05) is 11.8 Å². The van der Waals surface area contributed by atoms with Crippen LogP contribution in [0.5, 0.6) is 0 Å². The first-order valence-corrected chi connectivity index (χ1v) is 7.55. The molecular formula is C12H29N3S. The summed E-state index contributed by atoms with van der Waals surface area (Å²) in [6.45, 7) is 6.71. The van der Waals surface area contributed by atoms with E-state index in [1.165, 1.54) is 12.2 Å². The van der Waals surface area contributed by atoms with E-state index >= 15 is 0 Å². The van der Waals surface area contributed by atoms with Gasteiger partial charge in [0.2, 0.25) is 0 Å². The predicted molar refractivity (Wildman–Crippen MR) is 76.5 cm³/mol. The van der Waals surface area contributed by atoms with Gasteiger partial charge in [0.1, 0.15) is 0 Å². The quantitative estimate of drug-likeness (QED) is 0.585. The summed E-state index contributed by atoms with van der Waals surface area (Å²) in [5.74, 6) is 1.24. The van der Waals surface area contributed by atoms with Crippen LogP contribution in [-0.4, -0.2) is 75.2 Å². The summed E-state index contributed by atoms with van der Waals surface area (Å²) in [5, 5.41) is 3.48. The van der Waals surface area contributed by atoms with Crippen molar-refractivity contribution < 1.29 is 0 Å². The van der Waals surface area contributed by atoms with Crippen LogP contribution in [-0.2, 0) is 0 Å². The Morgan fingerprint density at radius 3 is 2.25 bits per heavy atom. The van der Waals surface area contributed by atoms with Gasteiger partial charge in [-0.3, -0.25) is 0 Å². The summed E-state index contributed by atoms with van der Waals surface area (Å²) in [7, 11) is 6.46. The Morgan fingerprint density at radius 1 is 1.12 bits per heavy atom. The van der Waals surface area contributed by atoms with Crippen LogP contribution in [0, 0.1) is 0 Å². The summed E-state index contributed by atoms with van der Waals surface area (Å²) < 4.78 is 0. The number of nitrogens with one attached hydrogen (secondary N) is 1. The molecule has 0 heterocycles. The number of likely N-dealkylation sites (N-methyl/N-ethyl adjacent to an activating group) is 2. The van der Waals surface area contributed by atoms with Gasteiger partial charge in [0.15, 0.2) is 0 Å². The van der Waals surface area contributed by atoms with E-state index in [0.717, 1.165) is 32.2 Å². The standard InChI is InChI=1S/C12H29N3S/c1-6-12(11-16-5)15(4)10-8-13-7-9-14(2)3/h12-13H,6-11H2,1-5H3. The Labute approximate surface area is 106 Å². The van der Waals surface area contributed by atoms with Crippen molar-refractivity contribution in [3.63, 3.8) is 0 Å². The van der Waals surface area contributed by atoms with E-state index in [9.17, 15) is 0 Å². The lowest BCUT2D eigenvalue weighted by atomic mass is 10.2. The van der Waals surface area contributed by atoms with Crippen LogP contribution in [0.25, 0.3) is 0 Å². The zero-order valence-corrected chi connectivity index (χ0v) is 12.4. The second-order valence-electron chi connectivity index (χ2n) is 4.55. The molecule has 16 heavy (non-hydrogen) atoms. The fraction of sp³-hybridized carbons (Fsp3) is 1.00. The van der Waals surface area contributed by atoms with Crippen molar-refractivity contribution in [1.29, 1.82) is 0 Å². The van der Waals surface area contributed by atoms with Crippen molar-refractivity contribution in [2.75, 3.05) is 59.3 Å². The van der Waals surface area contributed by atoms with Crippen LogP contribution >= 0.6 is 11.8 Å². The Balaban J connectivity index is 3.51. The second-order valence-corrected chi connectivity index (χ2v) is 5.46. The molecule has 0 rings (SSSR count). The maximum Gasteiger partial charge on any atom is 0.0181 e. The number of thioether (sulfide) groups is 1. The monoisotopic (exact) mass is 247 g/mol. The van der Waals surface area contributed by atoms with Crippen LogP contribution in [0.4, 0.5) is 0 Å². The average Bonchev–Trinajstić information content (AvgIpc) is 2.24. The van der Waals surface area contributed by atoms with Gasteiger partial charge in [-0.25, -0.2) is 0 Å². The number of nitrogens with zero attached hydrogens (tertiary/aromatic N) is 2. The molecule has 0 aliphatic rings. The minimum absolute atomic E-state index is 0.727. The average molecular weight is 247 g/mol. The molecule has 1 atom stereocenters. The van der Waals surface area contributed by atoms with Gasteiger partial charge in [-0.1, -0.05) is 6.92 Å². The van der Waals surface area contributed by atoms with Gasteiger partial charge in [0.25, 0.3) is 0 Å². The summed E-state index contributed by atoms with van der Waals surface area (Å²) in [5.41, 5.74) is 0. The molecule has 0 bridgehead atoms. The summed E-state index contributed by atoms with van der Waals surface area (Å²) >= 11 is 1.94. The smallest absolute Gasteiger partial charge is 0.0181 e. The number of hydrogen-bond acceptors (Lipinski definition) is 4. The highest BCUT2D eigenvalue weighted by molar-refractivity contribution is 7.98. The first kappa shape index (κ1) is 16.2. The molecule has 0 saturated carbocycles. The molecule has 0 aliphatic heterocycles. The SMILES string of the molecule is CCC(CSC)N(C)CCNCCN(C)C. The fourth-order valence-corrected chi connectivity index (χ4v) is 2.49. The highest BCUT2D eigenvalue weighted by Gasteiger charge is 2.10. The zero-order chi connectivity index (χ0) is 12.4. The van der Waals surface area contributed by atoms with E-state index < -0.39 is 0 Å². The van der Waals surface area contributed by atoms with Crippen molar-refractivity contribution >= 4 is 11.8 Å². The first-order valence-electron chi connectivity index (χ1n) is 6.16. The van der Waals surface area contributed by atoms with Gasteiger partial charge < -0.3 is 15.1 Å². The molecule has 1 unspecified atom stereocenters. The van der Waals surface area contributed by atoms with Crippen LogP contribution in [0.2, 0.25) is 0 Å². The van der Waals surface area contributed by atoms with Crippen molar-refractivity contribution in [3.8, 4) is 0 Å². The van der Waals surface area contributed by atoms with E-state index in [4.69, 9.17) is 0 Å². The maximum atomic E-state index is 3.48. The second kappa shape index (κ2) is 10.4. The van der Waals surface area contributed by atoms with Crippen LogP contribution in [0.3, 0.4) is 0 Å². The molecule has 0 fully saturated rings. The molecule has 0 aromatic rings. The molecule has 3 nitrogen and oxygen atoms in total. The van der Waals surface area contributed by atoms with E-state index in [0.29, 0.717) is 0 Å². The molecular weight excluding hydrogens is 218 g/mol. The third kappa shape index (κ3) is 8.39. The normalized spacial score (nSPS) is 13.7. The number of hydrogen-bond donors (Lipinski definition) is 1. The Hall–Kier alpha value is 0.230. The van der Waals surface area contributed by atoms with Crippen LogP contribution in [0.1, 0.15) is 13.3 Å². The van der Waals surface area contributed by atoms with Crippen molar-refractivity contribution in [2.45, 2.75) is 19.4 Å². The maximum absolute atomic E-state index is 3.48. The minimum Gasteiger partial charge on any atom is -0.314 e. The highest BCUT2D eigenvalue weighted by Crippen LogP contribution is 2.07. The fourth-order valence-electron chi connectivity index (χ4n) is 1.61. The molecule has 4 heteroatoms. The largest absolute Gasteiger partial charge is 0.314 e. The van der Waals surface area contributed by atoms with Gasteiger partial charge in [-0.15, -0.1) is 0 Å². The topological polar surface area (TPSA) is 18.5 Å². The van der Waals surface area contributed by atoms with Gasteiger partial charge in [-0.2, -0.15) is 11.8 Å². The lowest BCUT2D eigenvalue weighted by Gasteiger charge is -2.26. The molecule has 0 aromatic carbocycles. The molecule has 0 amide bonds. The van der Waals surface area contributed by atoms with Gasteiger partial charge in [-0.05, 0) is 33.8 Å². The summed E-state index contributed by atoms with van der Waals surface area (Å²) in [6, 6.07) is 0.727. The van der Waals surface area contributed by atoms with Crippen molar-refractivity contribution in [3.05, 3.63) is 0 Å². The molecule has 0 aromatic heterocycles. The highest BCUT2D eigenvalue weighted by atomic mass is 32.2. The Kier molecular flexibility index (Phi) is 10.5. The van der Waals surface area contributed by atoms with E-state index in [1.54, 1.807) is 0 Å². The van der Waals surface area contributed by atoms with E-state index in [2.05, 4.69) is 49.4 Å². The van der Waals surface area contributed by atoms with Gasteiger partial charge in [0, 0.05) is 38.0 Å². The molecule has 0 radical (unpaired) electrons. The summed E-state index contributed by atoms with van der Waals surface area (Å²) in [4.78, 5) is 4.68. The van der Waals surface area contributed by atoms with Gasteiger partial charge >= 0.3 is 0 Å². The van der Waals surface area contributed by atoms with E-state index in [-0.39, 0.29) is 0 Å². The Bertz CT molecular complexity index is 153. The molecule has 0 aliphatic carbocycles.